The summed E-state index contributed by atoms with van der Waals surface area (Å²) in [6.45, 7) is 8.28. The summed E-state index contributed by atoms with van der Waals surface area (Å²) in [4.78, 5) is 33.1. The molecular formula is C32H29I2N3O4S. The molecule has 0 radical (unpaired) electrons. The van der Waals surface area contributed by atoms with Crippen LogP contribution in [0.15, 0.2) is 87.8 Å². The summed E-state index contributed by atoms with van der Waals surface area (Å²) < 4.78 is 15.7. The fourth-order valence-electron chi connectivity index (χ4n) is 4.72. The minimum atomic E-state index is -0.662. The number of hydrogen-bond acceptors (Lipinski definition) is 6. The molecule has 2 heterocycles. The van der Waals surface area contributed by atoms with Crippen LogP contribution in [-0.2, 0) is 4.79 Å². The second kappa shape index (κ2) is 13.1. The number of aromatic nitrogens is 1. The third kappa shape index (κ3) is 6.50. The van der Waals surface area contributed by atoms with Gasteiger partial charge in [-0.3, -0.25) is 14.2 Å². The van der Waals surface area contributed by atoms with Gasteiger partial charge in [0.1, 0.15) is 11.5 Å². The molecule has 0 fully saturated rings. The van der Waals surface area contributed by atoms with Crippen LogP contribution >= 0.6 is 56.5 Å². The number of hydrogen-bond donors (Lipinski definition) is 1. The predicted molar refractivity (Wildman–Crippen MR) is 184 cm³/mol. The van der Waals surface area contributed by atoms with Crippen LogP contribution in [0, 0.1) is 7.14 Å². The third-order valence-electron chi connectivity index (χ3n) is 6.48. The molecule has 0 aliphatic carbocycles. The molecule has 1 atom stereocenters. The van der Waals surface area contributed by atoms with Gasteiger partial charge in [0, 0.05) is 5.69 Å². The number of carbonyl (C=O) groups is 1. The molecule has 0 saturated carbocycles. The monoisotopic (exact) mass is 805 g/mol. The number of rotatable bonds is 8. The quantitative estimate of drug-likeness (QED) is 0.213. The van der Waals surface area contributed by atoms with E-state index in [0.29, 0.717) is 32.9 Å². The van der Waals surface area contributed by atoms with Gasteiger partial charge in [-0.2, -0.15) is 0 Å². The lowest BCUT2D eigenvalue weighted by molar-refractivity contribution is -0.113. The number of ether oxygens (including phenoxy) is 2. The summed E-state index contributed by atoms with van der Waals surface area (Å²) in [5.41, 5.74) is 3.12. The highest BCUT2D eigenvalue weighted by Crippen LogP contribution is 2.32. The lowest BCUT2D eigenvalue weighted by atomic mass is 9.95. The van der Waals surface area contributed by atoms with Gasteiger partial charge in [-0.05, 0) is 126 Å². The molecule has 1 amide bonds. The first kappa shape index (κ1) is 30.5. The number of thiazole rings is 1. The van der Waals surface area contributed by atoms with E-state index in [1.807, 2.05) is 101 Å². The molecule has 4 aromatic rings. The Labute approximate surface area is 275 Å². The zero-order valence-electron chi connectivity index (χ0n) is 23.5. The summed E-state index contributed by atoms with van der Waals surface area (Å²) in [6, 6.07) is 20.1. The van der Waals surface area contributed by atoms with Crippen molar-refractivity contribution < 1.29 is 14.3 Å². The zero-order chi connectivity index (χ0) is 30.0. The maximum Gasteiger partial charge on any atom is 0.271 e. The van der Waals surface area contributed by atoms with Gasteiger partial charge in [0.25, 0.3) is 11.5 Å². The zero-order valence-corrected chi connectivity index (χ0v) is 28.6. The highest BCUT2D eigenvalue weighted by Gasteiger charge is 2.32. The number of amides is 1. The topological polar surface area (TPSA) is 81.9 Å². The van der Waals surface area contributed by atoms with Crippen LogP contribution in [0.25, 0.3) is 6.08 Å². The van der Waals surface area contributed by atoms with Gasteiger partial charge in [-0.15, -0.1) is 0 Å². The molecule has 1 aromatic heterocycles. The molecule has 1 aliphatic rings. The van der Waals surface area contributed by atoms with Gasteiger partial charge in [-0.1, -0.05) is 41.7 Å². The van der Waals surface area contributed by atoms with E-state index in [0.717, 1.165) is 29.8 Å². The predicted octanol–water partition coefficient (Wildman–Crippen LogP) is 6.27. The van der Waals surface area contributed by atoms with E-state index < -0.39 is 6.04 Å². The first-order chi connectivity index (χ1) is 20.2. The number of fused-ring (bicyclic) bond motifs is 1. The molecule has 0 saturated heterocycles. The highest BCUT2D eigenvalue weighted by atomic mass is 127. The van der Waals surface area contributed by atoms with Crippen molar-refractivity contribution in [2.45, 2.75) is 39.8 Å². The van der Waals surface area contributed by atoms with E-state index in [2.05, 4.69) is 50.5 Å². The molecule has 5 rings (SSSR count). The maximum absolute atomic E-state index is 14.1. The maximum atomic E-state index is 14.1. The number of nitrogens with zero attached hydrogens (tertiary/aromatic N) is 2. The van der Waals surface area contributed by atoms with Gasteiger partial charge in [0.05, 0.1) is 41.7 Å². The molecule has 7 nitrogen and oxygen atoms in total. The first-order valence-electron chi connectivity index (χ1n) is 13.4. The number of allylic oxidation sites excluding steroid dienone is 1. The van der Waals surface area contributed by atoms with Crippen molar-refractivity contribution in [1.82, 2.24) is 4.57 Å². The minimum absolute atomic E-state index is 0.0562. The Kier molecular flexibility index (Phi) is 9.53. The molecule has 0 spiro atoms. The second-order valence-corrected chi connectivity index (χ2v) is 13.2. The average molecular weight is 805 g/mol. The van der Waals surface area contributed by atoms with Crippen LogP contribution in [0.2, 0.25) is 0 Å². The minimum Gasteiger partial charge on any atom is -0.494 e. The Morgan fingerprint density at radius 1 is 1.10 bits per heavy atom. The van der Waals surface area contributed by atoms with Crippen molar-refractivity contribution in [2.75, 3.05) is 11.9 Å². The van der Waals surface area contributed by atoms with E-state index >= 15 is 0 Å². The fourth-order valence-corrected chi connectivity index (χ4v) is 7.84. The summed E-state index contributed by atoms with van der Waals surface area (Å²) in [6.07, 6.45) is 1.94. The van der Waals surface area contributed by atoms with Crippen LogP contribution in [0.5, 0.6) is 11.5 Å². The summed E-state index contributed by atoms with van der Waals surface area (Å²) >= 11 is 5.84. The number of benzene rings is 3. The van der Waals surface area contributed by atoms with Gasteiger partial charge in [0.15, 0.2) is 4.80 Å². The molecule has 1 aliphatic heterocycles. The molecule has 3 aromatic carbocycles. The van der Waals surface area contributed by atoms with Crippen molar-refractivity contribution in [3.63, 3.8) is 0 Å². The van der Waals surface area contributed by atoms with Gasteiger partial charge < -0.3 is 14.8 Å². The summed E-state index contributed by atoms with van der Waals surface area (Å²) in [7, 11) is 0. The standard InChI is InChI=1S/C32H29I2N3O4S/c1-5-40-23-13-11-21(12-14-23)28-27(30(38)36-22-9-7-6-8-10-22)19(4)35-32-37(28)31(39)26(42-32)17-20-15-24(33)29(25(34)16-20)41-18(2)3/h6-18,28H,5H2,1-4H3,(H,36,38)/b26-17-/t28-/m1/s1. The Hall–Kier alpha value is -2.97. The Bertz CT molecular complexity index is 1820. The number of nitrogens with one attached hydrogen (secondary N) is 1. The van der Waals surface area contributed by atoms with Crippen LogP contribution < -0.4 is 29.7 Å². The largest absolute Gasteiger partial charge is 0.494 e. The van der Waals surface area contributed by atoms with Crippen molar-refractivity contribution in [3.05, 3.63) is 116 Å². The van der Waals surface area contributed by atoms with Crippen LogP contribution in [0.1, 0.15) is 44.9 Å². The Morgan fingerprint density at radius 3 is 2.38 bits per heavy atom. The fraction of sp³-hybridized carbons (Fsp3) is 0.219. The first-order valence-corrected chi connectivity index (χ1v) is 16.4. The molecule has 0 unspecified atom stereocenters. The normalized spacial score (nSPS) is 14.9. The molecule has 1 N–H and O–H groups in total. The molecule has 216 valence electrons. The van der Waals surface area contributed by atoms with E-state index in [4.69, 9.17) is 14.5 Å². The number of anilines is 1. The van der Waals surface area contributed by atoms with Crippen molar-refractivity contribution in [1.29, 1.82) is 0 Å². The lowest BCUT2D eigenvalue weighted by Crippen LogP contribution is -2.40. The summed E-state index contributed by atoms with van der Waals surface area (Å²) in [5.74, 6) is 1.25. The van der Waals surface area contributed by atoms with Crippen LogP contribution in [0.3, 0.4) is 0 Å². The number of carbonyl (C=O) groups excluding carboxylic acids is 1. The molecule has 42 heavy (non-hydrogen) atoms. The van der Waals surface area contributed by atoms with Crippen molar-refractivity contribution >= 4 is 74.2 Å². The van der Waals surface area contributed by atoms with E-state index in [1.54, 1.807) is 4.57 Å². The Balaban J connectivity index is 1.63. The van der Waals surface area contributed by atoms with Crippen molar-refractivity contribution in [2.24, 2.45) is 4.99 Å². The second-order valence-electron chi connectivity index (χ2n) is 9.88. The molecular weight excluding hydrogens is 776 g/mol. The smallest absolute Gasteiger partial charge is 0.271 e. The van der Waals surface area contributed by atoms with Gasteiger partial charge in [0.2, 0.25) is 0 Å². The lowest BCUT2D eigenvalue weighted by Gasteiger charge is -2.25. The van der Waals surface area contributed by atoms with Gasteiger partial charge >= 0.3 is 0 Å². The molecule has 0 bridgehead atoms. The number of halogens is 2. The third-order valence-corrected chi connectivity index (χ3v) is 9.06. The van der Waals surface area contributed by atoms with E-state index in [1.165, 1.54) is 11.3 Å². The SMILES string of the molecule is CCOc1ccc([C@@H]2C(C(=O)Nc3ccccc3)=C(C)N=c3s/c(=C\c4cc(I)c(OC(C)C)c(I)c4)c(=O)n32)cc1. The van der Waals surface area contributed by atoms with Crippen molar-refractivity contribution in [3.8, 4) is 11.5 Å². The van der Waals surface area contributed by atoms with E-state index in [-0.39, 0.29) is 17.6 Å². The Morgan fingerprint density at radius 2 is 1.76 bits per heavy atom. The molecule has 10 heteroatoms. The highest BCUT2D eigenvalue weighted by molar-refractivity contribution is 14.1. The summed E-state index contributed by atoms with van der Waals surface area (Å²) in [5, 5.41) is 2.99. The van der Waals surface area contributed by atoms with Gasteiger partial charge in [-0.25, -0.2) is 4.99 Å². The van der Waals surface area contributed by atoms with Crippen LogP contribution in [-0.4, -0.2) is 23.2 Å². The average Bonchev–Trinajstić information content (AvgIpc) is 3.25. The van der Waals surface area contributed by atoms with Crippen LogP contribution in [0.4, 0.5) is 5.69 Å². The number of para-hydroxylation sites is 1. The van der Waals surface area contributed by atoms with E-state index in [9.17, 15) is 9.59 Å².